The number of hydrogen-bond donors (Lipinski definition) is 2. The number of carbonyl (C=O) groups is 1. The molecule has 0 aliphatic carbocycles. The van der Waals surface area contributed by atoms with Crippen molar-refractivity contribution in [3.63, 3.8) is 0 Å². The fraction of sp³-hybridized carbons (Fsp3) is 0.286. The van der Waals surface area contributed by atoms with Gasteiger partial charge in [-0.2, -0.15) is 0 Å². The predicted octanol–water partition coefficient (Wildman–Crippen LogP) is 4.77. The number of rotatable bonds is 5. The van der Waals surface area contributed by atoms with Crippen LogP contribution in [0, 0.1) is 6.92 Å². The molecule has 0 fully saturated rings. The van der Waals surface area contributed by atoms with Gasteiger partial charge in [0.1, 0.15) is 0 Å². The van der Waals surface area contributed by atoms with E-state index in [1.807, 2.05) is 49.4 Å². The summed E-state index contributed by atoms with van der Waals surface area (Å²) in [5, 5.41) is 4.90. The number of H-pyrrole nitrogens is 1. The van der Waals surface area contributed by atoms with E-state index in [1.165, 1.54) is 0 Å². The van der Waals surface area contributed by atoms with E-state index < -0.39 is 0 Å². The van der Waals surface area contributed by atoms with Crippen LogP contribution in [0.3, 0.4) is 0 Å². The molecule has 2 N–H and O–H groups in total. The van der Waals surface area contributed by atoms with Crippen LogP contribution in [-0.4, -0.2) is 17.4 Å². The third kappa shape index (κ3) is 3.88. The summed E-state index contributed by atoms with van der Waals surface area (Å²) in [6.07, 6.45) is 0.376. The van der Waals surface area contributed by atoms with E-state index in [-0.39, 0.29) is 11.3 Å². The highest BCUT2D eigenvalue weighted by Gasteiger charge is 2.22. The number of hydrogen-bond acceptors (Lipinski definition) is 1. The number of nitrogens with one attached hydrogen (secondary N) is 2. The SMILES string of the molecule is Cc1[nH]c2ccccc2c1CC(=O)NCC(C)(C)c1cccc(Cl)c1. The summed E-state index contributed by atoms with van der Waals surface area (Å²) in [6.45, 7) is 6.79. The monoisotopic (exact) mass is 354 g/mol. The van der Waals surface area contributed by atoms with Crippen LogP contribution in [0.2, 0.25) is 5.02 Å². The van der Waals surface area contributed by atoms with Crippen molar-refractivity contribution >= 4 is 28.4 Å². The van der Waals surface area contributed by atoms with E-state index >= 15 is 0 Å². The normalized spacial score (nSPS) is 11.7. The number of benzene rings is 2. The first kappa shape index (κ1) is 17.6. The summed E-state index contributed by atoms with van der Waals surface area (Å²) in [5.41, 5.74) is 4.11. The van der Waals surface area contributed by atoms with Crippen LogP contribution in [-0.2, 0) is 16.6 Å². The summed E-state index contributed by atoms with van der Waals surface area (Å²) in [5.74, 6) is 0.0305. The predicted molar refractivity (Wildman–Crippen MR) is 104 cm³/mol. The number of aromatic amines is 1. The summed E-state index contributed by atoms with van der Waals surface area (Å²) in [4.78, 5) is 15.8. The Bertz CT molecular complexity index is 911. The van der Waals surface area contributed by atoms with Crippen LogP contribution < -0.4 is 5.32 Å². The lowest BCUT2D eigenvalue weighted by molar-refractivity contribution is -0.120. The first-order valence-corrected chi connectivity index (χ1v) is 8.83. The number of aryl methyl sites for hydroxylation is 1. The Hall–Kier alpha value is -2.26. The van der Waals surface area contributed by atoms with Gasteiger partial charge < -0.3 is 10.3 Å². The zero-order chi connectivity index (χ0) is 18.0. The second-order valence-electron chi connectivity index (χ2n) is 7.12. The Labute approximate surface area is 153 Å². The third-order valence-electron chi connectivity index (χ3n) is 4.70. The van der Waals surface area contributed by atoms with Gasteiger partial charge in [0.05, 0.1) is 6.42 Å². The maximum atomic E-state index is 12.5. The van der Waals surface area contributed by atoms with Crippen molar-refractivity contribution in [1.29, 1.82) is 0 Å². The van der Waals surface area contributed by atoms with Crippen LogP contribution in [0.4, 0.5) is 0 Å². The molecule has 1 heterocycles. The number of para-hydroxylation sites is 1. The molecule has 0 saturated heterocycles. The minimum absolute atomic E-state index is 0.0305. The van der Waals surface area contributed by atoms with Crippen LogP contribution in [0.5, 0.6) is 0 Å². The van der Waals surface area contributed by atoms with E-state index in [0.29, 0.717) is 18.0 Å². The van der Waals surface area contributed by atoms with Crippen molar-refractivity contribution in [3.05, 3.63) is 70.4 Å². The van der Waals surface area contributed by atoms with Crippen molar-refractivity contribution in [2.75, 3.05) is 6.54 Å². The van der Waals surface area contributed by atoms with Crippen LogP contribution >= 0.6 is 11.6 Å². The minimum atomic E-state index is -0.185. The number of halogens is 1. The van der Waals surface area contributed by atoms with Gasteiger partial charge in [0, 0.05) is 33.6 Å². The lowest BCUT2D eigenvalue weighted by atomic mass is 9.84. The molecule has 0 saturated carbocycles. The third-order valence-corrected chi connectivity index (χ3v) is 4.93. The van der Waals surface area contributed by atoms with Gasteiger partial charge in [-0.15, -0.1) is 0 Å². The summed E-state index contributed by atoms with van der Waals surface area (Å²) in [6, 6.07) is 15.9. The molecule has 4 heteroatoms. The summed E-state index contributed by atoms with van der Waals surface area (Å²) < 4.78 is 0. The highest BCUT2D eigenvalue weighted by Crippen LogP contribution is 2.25. The molecular formula is C21H23ClN2O. The first-order chi connectivity index (χ1) is 11.9. The van der Waals surface area contributed by atoms with Gasteiger partial charge in [0.25, 0.3) is 0 Å². The molecule has 0 radical (unpaired) electrons. The Kier molecular flexibility index (Phi) is 4.87. The number of aromatic nitrogens is 1. The molecule has 25 heavy (non-hydrogen) atoms. The van der Waals surface area contributed by atoms with Crippen LogP contribution in [0.1, 0.15) is 30.7 Å². The Balaban J connectivity index is 1.69. The van der Waals surface area contributed by atoms with Gasteiger partial charge in [-0.1, -0.05) is 55.8 Å². The molecule has 2 aromatic carbocycles. The highest BCUT2D eigenvalue weighted by atomic mass is 35.5. The zero-order valence-corrected chi connectivity index (χ0v) is 15.6. The van der Waals surface area contributed by atoms with Gasteiger partial charge in [-0.25, -0.2) is 0 Å². The van der Waals surface area contributed by atoms with E-state index in [1.54, 1.807) is 0 Å². The van der Waals surface area contributed by atoms with Crippen molar-refractivity contribution in [2.45, 2.75) is 32.6 Å². The van der Waals surface area contributed by atoms with Gasteiger partial charge in [-0.3, -0.25) is 4.79 Å². The molecule has 0 unspecified atom stereocenters. The number of amides is 1. The second-order valence-corrected chi connectivity index (χ2v) is 7.56. The molecule has 0 aliphatic heterocycles. The molecule has 1 aromatic heterocycles. The molecule has 0 aliphatic rings. The largest absolute Gasteiger partial charge is 0.358 e. The van der Waals surface area contributed by atoms with Crippen molar-refractivity contribution in [2.24, 2.45) is 0 Å². The molecular weight excluding hydrogens is 332 g/mol. The molecule has 3 nitrogen and oxygen atoms in total. The minimum Gasteiger partial charge on any atom is -0.358 e. The van der Waals surface area contributed by atoms with Crippen LogP contribution in [0.25, 0.3) is 10.9 Å². The quantitative estimate of drug-likeness (QED) is 0.681. The zero-order valence-electron chi connectivity index (χ0n) is 14.8. The van der Waals surface area contributed by atoms with Crippen molar-refractivity contribution in [1.82, 2.24) is 10.3 Å². The molecule has 0 atom stereocenters. The van der Waals surface area contributed by atoms with E-state index in [2.05, 4.69) is 30.2 Å². The maximum Gasteiger partial charge on any atom is 0.224 e. The Morgan fingerprint density at radius 2 is 1.92 bits per heavy atom. The van der Waals surface area contributed by atoms with Gasteiger partial charge >= 0.3 is 0 Å². The highest BCUT2D eigenvalue weighted by molar-refractivity contribution is 6.30. The molecule has 3 rings (SSSR count). The fourth-order valence-electron chi connectivity index (χ4n) is 3.12. The van der Waals surface area contributed by atoms with E-state index in [9.17, 15) is 4.79 Å². The van der Waals surface area contributed by atoms with E-state index in [4.69, 9.17) is 11.6 Å². The van der Waals surface area contributed by atoms with Gasteiger partial charge in [0.15, 0.2) is 0 Å². The molecule has 130 valence electrons. The molecule has 3 aromatic rings. The maximum absolute atomic E-state index is 12.5. The molecule has 1 amide bonds. The lowest BCUT2D eigenvalue weighted by Crippen LogP contribution is -2.37. The lowest BCUT2D eigenvalue weighted by Gasteiger charge is -2.26. The number of carbonyl (C=O) groups excluding carboxylic acids is 1. The van der Waals surface area contributed by atoms with Gasteiger partial charge in [0.2, 0.25) is 5.91 Å². The summed E-state index contributed by atoms with van der Waals surface area (Å²) >= 11 is 6.09. The summed E-state index contributed by atoms with van der Waals surface area (Å²) in [7, 11) is 0. The topological polar surface area (TPSA) is 44.9 Å². The number of fused-ring (bicyclic) bond motifs is 1. The smallest absolute Gasteiger partial charge is 0.224 e. The Morgan fingerprint density at radius 3 is 2.68 bits per heavy atom. The molecule has 0 spiro atoms. The second kappa shape index (κ2) is 6.93. The average Bonchev–Trinajstić information content (AvgIpc) is 2.89. The van der Waals surface area contributed by atoms with E-state index in [0.717, 1.165) is 27.7 Å². The van der Waals surface area contributed by atoms with Crippen LogP contribution in [0.15, 0.2) is 48.5 Å². The molecule has 0 bridgehead atoms. The Morgan fingerprint density at radius 1 is 1.16 bits per heavy atom. The van der Waals surface area contributed by atoms with Crippen molar-refractivity contribution < 1.29 is 4.79 Å². The standard InChI is InChI=1S/C21H23ClN2O/c1-14-18(17-9-4-5-10-19(17)24-14)12-20(25)23-13-21(2,3)15-7-6-8-16(22)11-15/h4-11,24H,12-13H2,1-3H3,(H,23,25). The first-order valence-electron chi connectivity index (χ1n) is 8.46. The average molecular weight is 355 g/mol. The van der Waals surface area contributed by atoms with Crippen molar-refractivity contribution in [3.8, 4) is 0 Å². The fourth-order valence-corrected chi connectivity index (χ4v) is 3.31. The van der Waals surface area contributed by atoms with Gasteiger partial charge in [-0.05, 0) is 36.2 Å².